The number of para-hydroxylation sites is 1. The zero-order chi connectivity index (χ0) is 19.9. The zero-order valence-corrected chi connectivity index (χ0v) is 15.1. The van der Waals surface area contributed by atoms with Crippen molar-refractivity contribution in [3.05, 3.63) is 47.5 Å². The van der Waals surface area contributed by atoms with Crippen LogP contribution in [0.2, 0.25) is 0 Å². The van der Waals surface area contributed by atoms with Gasteiger partial charge in [0.25, 0.3) is 5.91 Å². The van der Waals surface area contributed by atoms with Gasteiger partial charge in [0.1, 0.15) is 11.5 Å². The highest BCUT2D eigenvalue weighted by Gasteiger charge is 2.43. The van der Waals surface area contributed by atoms with Gasteiger partial charge in [-0.3, -0.25) is 4.79 Å². The molecule has 9 heteroatoms. The molecule has 28 heavy (non-hydrogen) atoms. The molecule has 1 aromatic carbocycles. The molecule has 4 rings (SSSR count). The maximum Gasteiger partial charge on any atom is 0.434 e. The molecule has 2 aromatic rings. The van der Waals surface area contributed by atoms with E-state index in [1.54, 1.807) is 0 Å². The monoisotopic (exact) mass is 396 g/mol. The highest BCUT2D eigenvalue weighted by atomic mass is 19.4. The number of hydrogen-bond donors (Lipinski definition) is 1. The second-order valence-corrected chi connectivity index (χ2v) is 7.49. The molecule has 1 spiro atoms. The van der Waals surface area contributed by atoms with Crippen LogP contribution in [0.1, 0.15) is 35.3 Å². The lowest BCUT2D eigenvalue weighted by Crippen LogP contribution is -2.44. The molecular formula is C19H20F4N4O. The van der Waals surface area contributed by atoms with Crippen LogP contribution in [0.3, 0.4) is 0 Å². The van der Waals surface area contributed by atoms with E-state index in [0.717, 1.165) is 44.6 Å². The van der Waals surface area contributed by atoms with Crippen LogP contribution in [0.25, 0.3) is 5.69 Å². The Kier molecular flexibility index (Phi) is 4.65. The Balaban J connectivity index is 1.65. The van der Waals surface area contributed by atoms with Crippen LogP contribution in [0.4, 0.5) is 17.6 Å². The number of piperidine rings is 1. The van der Waals surface area contributed by atoms with E-state index < -0.39 is 29.2 Å². The van der Waals surface area contributed by atoms with E-state index in [1.807, 2.05) is 0 Å². The molecule has 2 fully saturated rings. The second kappa shape index (κ2) is 6.88. The van der Waals surface area contributed by atoms with Gasteiger partial charge in [-0.25, -0.2) is 9.07 Å². The van der Waals surface area contributed by atoms with Crippen molar-refractivity contribution in [2.24, 2.45) is 5.41 Å². The smallest absolute Gasteiger partial charge is 0.338 e. The Morgan fingerprint density at radius 1 is 1.14 bits per heavy atom. The van der Waals surface area contributed by atoms with Gasteiger partial charge in [-0.15, -0.1) is 0 Å². The first-order valence-electron chi connectivity index (χ1n) is 9.21. The minimum Gasteiger partial charge on any atom is -0.338 e. The topological polar surface area (TPSA) is 50.2 Å². The number of benzene rings is 1. The molecule has 1 amide bonds. The molecule has 0 radical (unpaired) electrons. The summed E-state index contributed by atoms with van der Waals surface area (Å²) in [7, 11) is 0. The van der Waals surface area contributed by atoms with Gasteiger partial charge in [-0.2, -0.15) is 18.3 Å². The van der Waals surface area contributed by atoms with Crippen molar-refractivity contribution in [1.82, 2.24) is 20.0 Å². The molecular weight excluding hydrogens is 376 g/mol. The Bertz CT molecular complexity index is 876. The summed E-state index contributed by atoms with van der Waals surface area (Å²) < 4.78 is 55.8. The van der Waals surface area contributed by atoms with E-state index in [-0.39, 0.29) is 11.1 Å². The fraction of sp³-hybridized carbons (Fsp3) is 0.474. The molecule has 150 valence electrons. The average Bonchev–Trinajstić information content (AvgIpc) is 3.29. The number of halogens is 4. The van der Waals surface area contributed by atoms with Gasteiger partial charge in [-0.05, 0) is 43.4 Å². The summed E-state index contributed by atoms with van der Waals surface area (Å²) in [6.45, 7) is 2.63. The lowest BCUT2D eigenvalue weighted by Gasteiger charge is -2.38. The Labute approximate surface area is 159 Å². The lowest BCUT2D eigenvalue weighted by molar-refractivity contribution is -0.143. The highest BCUT2D eigenvalue weighted by molar-refractivity contribution is 5.95. The molecule has 0 aliphatic carbocycles. The van der Waals surface area contributed by atoms with Gasteiger partial charge in [0.2, 0.25) is 0 Å². The van der Waals surface area contributed by atoms with Gasteiger partial charge >= 0.3 is 6.18 Å². The number of amides is 1. The molecule has 2 saturated heterocycles. The summed E-state index contributed by atoms with van der Waals surface area (Å²) in [4.78, 5) is 14.3. The highest BCUT2D eigenvalue weighted by Crippen LogP contribution is 2.39. The molecule has 5 nitrogen and oxygen atoms in total. The van der Waals surface area contributed by atoms with Crippen molar-refractivity contribution in [3.8, 4) is 5.69 Å². The lowest BCUT2D eigenvalue weighted by atomic mass is 9.78. The fourth-order valence-electron chi connectivity index (χ4n) is 4.16. The van der Waals surface area contributed by atoms with E-state index in [9.17, 15) is 22.4 Å². The van der Waals surface area contributed by atoms with Gasteiger partial charge in [-0.1, -0.05) is 12.1 Å². The van der Waals surface area contributed by atoms with Crippen LogP contribution in [0.5, 0.6) is 0 Å². The summed E-state index contributed by atoms with van der Waals surface area (Å²) in [5.41, 5.74) is -1.99. The predicted molar refractivity (Wildman–Crippen MR) is 93.6 cm³/mol. The SMILES string of the molecule is O=C(c1cnn(-c2ccccc2F)c1C(F)(F)F)N1CCC2(CCNC2)CC1. The van der Waals surface area contributed by atoms with Crippen LogP contribution in [0, 0.1) is 11.2 Å². The third-order valence-electron chi connectivity index (χ3n) is 5.79. The van der Waals surface area contributed by atoms with E-state index in [0.29, 0.717) is 17.8 Å². The van der Waals surface area contributed by atoms with E-state index >= 15 is 0 Å². The first-order chi connectivity index (χ1) is 13.3. The molecule has 1 N–H and O–H groups in total. The molecule has 2 aliphatic heterocycles. The number of nitrogens with zero attached hydrogens (tertiary/aromatic N) is 3. The number of alkyl halides is 3. The molecule has 2 aliphatic rings. The van der Waals surface area contributed by atoms with Crippen LogP contribution < -0.4 is 5.32 Å². The number of likely N-dealkylation sites (tertiary alicyclic amines) is 1. The number of rotatable bonds is 2. The Hall–Kier alpha value is -2.42. The standard InChI is InChI=1S/C19H20F4N4O/c20-14-3-1-2-4-15(14)27-16(19(21,22)23)13(11-25-27)17(28)26-9-6-18(7-10-26)5-8-24-12-18/h1-4,11,24H,5-10,12H2. The predicted octanol–water partition coefficient (Wildman–Crippen LogP) is 3.25. The molecule has 1 aromatic heterocycles. The van der Waals surface area contributed by atoms with E-state index in [2.05, 4.69) is 10.4 Å². The quantitative estimate of drug-likeness (QED) is 0.793. The summed E-state index contributed by atoms with van der Waals surface area (Å²) in [5.74, 6) is -1.56. The first-order valence-corrected chi connectivity index (χ1v) is 9.21. The number of aromatic nitrogens is 2. The van der Waals surface area contributed by atoms with Gasteiger partial charge in [0.05, 0.1) is 11.8 Å². The van der Waals surface area contributed by atoms with Crippen molar-refractivity contribution in [2.45, 2.75) is 25.4 Å². The number of carbonyl (C=O) groups is 1. The average molecular weight is 396 g/mol. The zero-order valence-electron chi connectivity index (χ0n) is 15.1. The van der Waals surface area contributed by atoms with Gasteiger partial charge < -0.3 is 10.2 Å². The van der Waals surface area contributed by atoms with Crippen molar-refractivity contribution >= 4 is 5.91 Å². The van der Waals surface area contributed by atoms with Crippen molar-refractivity contribution in [1.29, 1.82) is 0 Å². The number of carbonyl (C=O) groups excluding carboxylic acids is 1. The van der Waals surface area contributed by atoms with Crippen LogP contribution in [-0.2, 0) is 6.18 Å². The first kappa shape index (κ1) is 18.9. The normalized spacial score (nSPS) is 19.4. The van der Waals surface area contributed by atoms with E-state index in [4.69, 9.17) is 0 Å². The summed E-state index contributed by atoms with van der Waals surface area (Å²) >= 11 is 0. The summed E-state index contributed by atoms with van der Waals surface area (Å²) in [6, 6.07) is 5.05. The number of nitrogens with one attached hydrogen (secondary N) is 1. The molecule has 0 atom stereocenters. The maximum atomic E-state index is 14.0. The Morgan fingerprint density at radius 2 is 1.86 bits per heavy atom. The maximum absolute atomic E-state index is 14.0. The van der Waals surface area contributed by atoms with Gasteiger partial charge in [0, 0.05) is 19.6 Å². The van der Waals surface area contributed by atoms with Gasteiger partial charge in [0.15, 0.2) is 5.69 Å². The third-order valence-corrected chi connectivity index (χ3v) is 5.79. The minimum absolute atomic E-state index is 0.140. The molecule has 0 unspecified atom stereocenters. The minimum atomic E-state index is -4.85. The largest absolute Gasteiger partial charge is 0.434 e. The summed E-state index contributed by atoms with van der Waals surface area (Å²) in [6.07, 6.45) is -1.42. The third kappa shape index (κ3) is 3.28. The Morgan fingerprint density at radius 3 is 2.46 bits per heavy atom. The second-order valence-electron chi connectivity index (χ2n) is 7.49. The van der Waals surface area contributed by atoms with E-state index in [1.165, 1.54) is 23.1 Å². The molecule has 3 heterocycles. The molecule has 0 bridgehead atoms. The van der Waals surface area contributed by atoms with Crippen molar-refractivity contribution in [2.75, 3.05) is 26.2 Å². The van der Waals surface area contributed by atoms with Crippen molar-refractivity contribution in [3.63, 3.8) is 0 Å². The molecule has 0 saturated carbocycles. The van der Waals surface area contributed by atoms with Crippen LogP contribution in [-0.4, -0.2) is 46.8 Å². The van der Waals surface area contributed by atoms with Crippen LogP contribution >= 0.6 is 0 Å². The number of hydrogen-bond acceptors (Lipinski definition) is 3. The fourth-order valence-corrected chi connectivity index (χ4v) is 4.16. The summed E-state index contributed by atoms with van der Waals surface area (Å²) in [5, 5.41) is 7.01. The van der Waals surface area contributed by atoms with Crippen molar-refractivity contribution < 1.29 is 22.4 Å². The van der Waals surface area contributed by atoms with Crippen LogP contribution in [0.15, 0.2) is 30.5 Å².